The molecule has 1 N–H and O–H groups in total. The highest BCUT2D eigenvalue weighted by Gasteiger charge is 2.22. The highest BCUT2D eigenvalue weighted by atomic mass is 16.5. The third-order valence-corrected chi connectivity index (χ3v) is 3.35. The van der Waals surface area contributed by atoms with Crippen LogP contribution in [0, 0.1) is 17.2 Å². The van der Waals surface area contributed by atoms with Gasteiger partial charge in [-0.05, 0) is 30.9 Å². The van der Waals surface area contributed by atoms with Crippen molar-refractivity contribution >= 4 is 5.69 Å². The molecule has 0 aliphatic heterocycles. The largest absolute Gasteiger partial charge is 0.479 e. The predicted molar refractivity (Wildman–Crippen MR) is 68.0 cm³/mol. The first kappa shape index (κ1) is 11.8. The van der Waals surface area contributed by atoms with E-state index in [2.05, 4.69) is 12.2 Å². The fourth-order valence-corrected chi connectivity index (χ4v) is 2.37. The van der Waals surface area contributed by atoms with Gasteiger partial charge in [0, 0.05) is 17.8 Å². The molecule has 2 atom stereocenters. The number of hydrogen-bond donors (Lipinski definition) is 1. The number of ether oxygens (including phenoxy) is 1. The first-order valence-corrected chi connectivity index (χ1v) is 6.16. The minimum atomic E-state index is 0.100. The Bertz CT molecular complexity index is 411. The highest BCUT2D eigenvalue weighted by molar-refractivity contribution is 5.49. The molecular weight excluding hydrogens is 212 g/mol. The van der Waals surface area contributed by atoms with Gasteiger partial charge in [-0.3, -0.25) is 0 Å². The first-order chi connectivity index (χ1) is 8.29. The van der Waals surface area contributed by atoms with Crippen LogP contribution in [0.4, 0.5) is 5.69 Å². The van der Waals surface area contributed by atoms with Gasteiger partial charge in [0.25, 0.3) is 0 Å². The van der Waals surface area contributed by atoms with Gasteiger partial charge in [-0.15, -0.1) is 0 Å². The smallest absolute Gasteiger partial charge is 0.174 e. The third-order valence-electron chi connectivity index (χ3n) is 3.35. The normalized spacial score (nSPS) is 23.1. The van der Waals surface area contributed by atoms with Crippen molar-refractivity contribution in [3.63, 3.8) is 0 Å². The van der Waals surface area contributed by atoms with E-state index in [9.17, 15) is 0 Å². The number of hydrogen-bond acceptors (Lipinski definition) is 3. The molecule has 0 spiro atoms. The molecule has 1 aliphatic carbocycles. The zero-order valence-corrected chi connectivity index (χ0v) is 10.1. The molecular formula is C14H18N2O. The van der Waals surface area contributed by atoms with E-state index in [0.29, 0.717) is 6.04 Å². The van der Waals surface area contributed by atoms with Crippen LogP contribution in [0.3, 0.4) is 0 Å². The van der Waals surface area contributed by atoms with Crippen LogP contribution in [0.1, 0.15) is 26.2 Å². The van der Waals surface area contributed by atoms with E-state index in [4.69, 9.17) is 10.00 Å². The summed E-state index contributed by atoms with van der Waals surface area (Å²) in [4.78, 5) is 0. The minimum absolute atomic E-state index is 0.100. The van der Waals surface area contributed by atoms with Crippen molar-refractivity contribution < 1.29 is 4.74 Å². The summed E-state index contributed by atoms with van der Waals surface area (Å²) in [5.74, 6) is 1.49. The molecule has 3 heteroatoms. The molecule has 0 bridgehead atoms. The molecule has 2 rings (SSSR count). The Labute approximate surface area is 102 Å². The molecule has 90 valence electrons. The average molecular weight is 230 g/mol. The molecule has 0 aromatic heterocycles. The SMILES string of the molecule is CC1CCCC1Nc1cccc(OCC#N)c1. The van der Waals surface area contributed by atoms with Gasteiger partial charge in [-0.1, -0.05) is 19.4 Å². The van der Waals surface area contributed by atoms with E-state index in [-0.39, 0.29) is 6.61 Å². The second kappa shape index (κ2) is 5.58. The number of nitrogens with one attached hydrogen (secondary N) is 1. The van der Waals surface area contributed by atoms with Crippen molar-refractivity contribution in [2.45, 2.75) is 32.2 Å². The average Bonchev–Trinajstić information content (AvgIpc) is 2.73. The fourth-order valence-electron chi connectivity index (χ4n) is 2.37. The van der Waals surface area contributed by atoms with Crippen LogP contribution in [0.2, 0.25) is 0 Å². The van der Waals surface area contributed by atoms with E-state index in [1.165, 1.54) is 19.3 Å². The maximum atomic E-state index is 8.47. The number of nitriles is 1. The van der Waals surface area contributed by atoms with Crippen LogP contribution in [-0.4, -0.2) is 12.6 Å². The molecule has 17 heavy (non-hydrogen) atoms. The summed E-state index contributed by atoms with van der Waals surface area (Å²) in [5, 5.41) is 12.0. The molecule has 0 heterocycles. The number of benzene rings is 1. The molecule has 1 aromatic carbocycles. The molecule has 0 amide bonds. The summed E-state index contributed by atoms with van der Waals surface area (Å²) in [6, 6.07) is 10.4. The Morgan fingerprint density at radius 2 is 2.35 bits per heavy atom. The van der Waals surface area contributed by atoms with E-state index in [1.54, 1.807) is 0 Å². The van der Waals surface area contributed by atoms with E-state index in [1.807, 2.05) is 30.3 Å². The van der Waals surface area contributed by atoms with Crippen molar-refractivity contribution in [3.05, 3.63) is 24.3 Å². The molecule has 1 saturated carbocycles. The molecule has 0 saturated heterocycles. The molecule has 2 unspecified atom stereocenters. The highest BCUT2D eigenvalue weighted by Crippen LogP contribution is 2.28. The maximum Gasteiger partial charge on any atom is 0.174 e. The lowest BCUT2D eigenvalue weighted by Gasteiger charge is -2.19. The quantitative estimate of drug-likeness (QED) is 0.864. The Morgan fingerprint density at radius 3 is 3.06 bits per heavy atom. The van der Waals surface area contributed by atoms with Gasteiger partial charge in [-0.2, -0.15) is 5.26 Å². The van der Waals surface area contributed by atoms with Gasteiger partial charge in [0.15, 0.2) is 6.61 Å². The summed E-state index contributed by atoms with van der Waals surface area (Å²) >= 11 is 0. The van der Waals surface area contributed by atoms with Gasteiger partial charge in [0.2, 0.25) is 0 Å². The van der Waals surface area contributed by atoms with Gasteiger partial charge in [0.05, 0.1) is 0 Å². The zero-order valence-electron chi connectivity index (χ0n) is 10.1. The molecule has 3 nitrogen and oxygen atoms in total. The van der Waals surface area contributed by atoms with Crippen molar-refractivity contribution in [3.8, 4) is 11.8 Å². The van der Waals surface area contributed by atoms with Crippen molar-refractivity contribution in [1.82, 2.24) is 0 Å². The van der Waals surface area contributed by atoms with Crippen LogP contribution in [0.15, 0.2) is 24.3 Å². The Hall–Kier alpha value is -1.69. The fraction of sp³-hybridized carbons (Fsp3) is 0.500. The lowest BCUT2D eigenvalue weighted by molar-refractivity contribution is 0.368. The summed E-state index contributed by atoms with van der Waals surface area (Å²) in [6.07, 6.45) is 3.86. The molecule has 1 aliphatic rings. The van der Waals surface area contributed by atoms with Crippen molar-refractivity contribution in [2.24, 2.45) is 5.92 Å². The van der Waals surface area contributed by atoms with Crippen LogP contribution >= 0.6 is 0 Å². The van der Waals surface area contributed by atoms with E-state index in [0.717, 1.165) is 17.4 Å². The Balaban J connectivity index is 1.98. The number of nitrogens with zero attached hydrogens (tertiary/aromatic N) is 1. The lowest BCUT2D eigenvalue weighted by Crippen LogP contribution is -2.21. The topological polar surface area (TPSA) is 45.0 Å². The summed E-state index contributed by atoms with van der Waals surface area (Å²) < 4.78 is 5.29. The summed E-state index contributed by atoms with van der Waals surface area (Å²) in [6.45, 7) is 2.39. The standard InChI is InChI=1S/C14H18N2O/c1-11-4-2-7-14(11)16-12-5-3-6-13(10-12)17-9-8-15/h3,5-6,10-11,14,16H,2,4,7,9H2,1H3. The number of rotatable bonds is 4. The lowest BCUT2D eigenvalue weighted by atomic mass is 10.1. The van der Waals surface area contributed by atoms with Gasteiger partial charge < -0.3 is 10.1 Å². The molecule has 0 radical (unpaired) electrons. The van der Waals surface area contributed by atoms with Crippen molar-refractivity contribution in [1.29, 1.82) is 5.26 Å². The predicted octanol–water partition coefficient (Wildman–Crippen LogP) is 3.19. The molecule has 1 aromatic rings. The summed E-state index contributed by atoms with van der Waals surface area (Å²) in [7, 11) is 0. The van der Waals surface area contributed by atoms with Gasteiger partial charge >= 0.3 is 0 Å². The second-order valence-corrected chi connectivity index (χ2v) is 4.63. The Kier molecular flexibility index (Phi) is 3.87. The molecule has 1 fully saturated rings. The Morgan fingerprint density at radius 1 is 1.47 bits per heavy atom. The maximum absolute atomic E-state index is 8.47. The zero-order chi connectivity index (χ0) is 12.1. The van der Waals surface area contributed by atoms with Gasteiger partial charge in [-0.25, -0.2) is 0 Å². The minimum Gasteiger partial charge on any atom is -0.479 e. The van der Waals surface area contributed by atoms with Crippen LogP contribution < -0.4 is 10.1 Å². The van der Waals surface area contributed by atoms with Crippen LogP contribution in [0.5, 0.6) is 5.75 Å². The monoisotopic (exact) mass is 230 g/mol. The number of anilines is 1. The summed E-state index contributed by atoms with van der Waals surface area (Å²) in [5.41, 5.74) is 1.08. The first-order valence-electron chi connectivity index (χ1n) is 6.16. The van der Waals surface area contributed by atoms with Crippen LogP contribution in [0.25, 0.3) is 0 Å². The van der Waals surface area contributed by atoms with Gasteiger partial charge in [0.1, 0.15) is 11.8 Å². The van der Waals surface area contributed by atoms with E-state index >= 15 is 0 Å². The van der Waals surface area contributed by atoms with Crippen LogP contribution in [-0.2, 0) is 0 Å². The van der Waals surface area contributed by atoms with E-state index < -0.39 is 0 Å². The second-order valence-electron chi connectivity index (χ2n) is 4.63. The van der Waals surface area contributed by atoms with Crippen molar-refractivity contribution in [2.75, 3.05) is 11.9 Å². The third kappa shape index (κ3) is 3.13.